The highest BCUT2D eigenvalue weighted by Crippen LogP contribution is 2.12. The van der Waals surface area contributed by atoms with Crippen molar-refractivity contribution >= 4 is 41.5 Å². The molecule has 0 unspecified atom stereocenters. The molecular formula is C17H26ClIN6. The predicted molar refractivity (Wildman–Crippen MR) is 114 cm³/mol. The predicted octanol–water partition coefficient (Wildman–Crippen LogP) is 3.21. The molecule has 0 saturated heterocycles. The van der Waals surface area contributed by atoms with Crippen LogP contribution in [0.15, 0.2) is 35.6 Å². The highest BCUT2D eigenvalue weighted by atomic mass is 127. The summed E-state index contributed by atoms with van der Waals surface area (Å²) in [7, 11) is 2.03. The molecule has 0 saturated carbocycles. The zero-order valence-corrected chi connectivity index (χ0v) is 18.0. The van der Waals surface area contributed by atoms with Gasteiger partial charge in [-0.25, -0.2) is 0 Å². The lowest BCUT2D eigenvalue weighted by Gasteiger charge is -2.22. The number of guanidine groups is 1. The van der Waals surface area contributed by atoms with Crippen LogP contribution in [-0.4, -0.2) is 45.8 Å². The van der Waals surface area contributed by atoms with E-state index in [2.05, 4.69) is 40.3 Å². The summed E-state index contributed by atoms with van der Waals surface area (Å²) in [6, 6.07) is 7.89. The average molecular weight is 477 g/mol. The lowest BCUT2D eigenvalue weighted by atomic mass is 10.2. The fraction of sp³-hybridized carbons (Fsp3) is 0.471. The Bertz CT molecular complexity index is 673. The molecule has 0 spiro atoms. The number of aliphatic imine (C=N–C) groups is 1. The molecule has 1 heterocycles. The molecule has 25 heavy (non-hydrogen) atoms. The van der Waals surface area contributed by atoms with E-state index in [1.807, 2.05) is 29.8 Å². The van der Waals surface area contributed by atoms with Gasteiger partial charge in [0.1, 0.15) is 12.2 Å². The van der Waals surface area contributed by atoms with Crippen molar-refractivity contribution in [3.05, 3.63) is 47.0 Å². The lowest BCUT2D eigenvalue weighted by Crippen LogP contribution is -2.38. The van der Waals surface area contributed by atoms with E-state index >= 15 is 0 Å². The van der Waals surface area contributed by atoms with E-state index in [1.54, 1.807) is 6.33 Å². The molecule has 2 rings (SSSR count). The zero-order valence-electron chi connectivity index (χ0n) is 14.9. The van der Waals surface area contributed by atoms with Gasteiger partial charge in [0, 0.05) is 38.1 Å². The van der Waals surface area contributed by atoms with Gasteiger partial charge in [0.2, 0.25) is 0 Å². The fourth-order valence-corrected chi connectivity index (χ4v) is 2.67. The number of hydrogen-bond acceptors (Lipinski definition) is 3. The number of benzene rings is 1. The average Bonchev–Trinajstić information content (AvgIpc) is 3.01. The molecule has 0 aliphatic rings. The van der Waals surface area contributed by atoms with Crippen LogP contribution in [0.1, 0.15) is 25.2 Å². The molecule has 8 heteroatoms. The monoisotopic (exact) mass is 476 g/mol. The molecule has 0 fully saturated rings. The third-order valence-corrected chi connectivity index (χ3v) is 3.85. The second-order valence-electron chi connectivity index (χ2n) is 5.52. The first-order valence-corrected chi connectivity index (χ1v) is 8.62. The summed E-state index contributed by atoms with van der Waals surface area (Å²) in [5.74, 6) is 1.87. The Morgan fingerprint density at radius 1 is 1.36 bits per heavy atom. The number of aryl methyl sites for hydroxylation is 1. The summed E-state index contributed by atoms with van der Waals surface area (Å²) >= 11 is 6.06. The Labute approximate surface area is 171 Å². The van der Waals surface area contributed by atoms with E-state index in [9.17, 15) is 0 Å². The van der Waals surface area contributed by atoms with Gasteiger partial charge in [-0.05, 0) is 24.6 Å². The maximum absolute atomic E-state index is 6.06. The first-order valence-electron chi connectivity index (χ1n) is 8.24. The van der Waals surface area contributed by atoms with Gasteiger partial charge in [0.25, 0.3) is 0 Å². The normalized spacial score (nSPS) is 11.1. The van der Waals surface area contributed by atoms with E-state index in [1.165, 1.54) is 0 Å². The van der Waals surface area contributed by atoms with Crippen LogP contribution in [0.3, 0.4) is 0 Å². The van der Waals surface area contributed by atoms with Gasteiger partial charge < -0.3 is 14.8 Å². The molecule has 1 aromatic carbocycles. The lowest BCUT2D eigenvalue weighted by molar-refractivity contribution is 0.475. The van der Waals surface area contributed by atoms with Crippen LogP contribution in [0.25, 0.3) is 0 Å². The van der Waals surface area contributed by atoms with Crippen molar-refractivity contribution < 1.29 is 0 Å². The Hall–Kier alpha value is -1.35. The van der Waals surface area contributed by atoms with Crippen LogP contribution in [0.5, 0.6) is 0 Å². The molecule has 2 aromatic rings. The third kappa shape index (κ3) is 6.81. The van der Waals surface area contributed by atoms with Crippen LogP contribution in [0.2, 0.25) is 5.02 Å². The number of nitrogens with zero attached hydrogens (tertiary/aromatic N) is 5. The van der Waals surface area contributed by atoms with Gasteiger partial charge >= 0.3 is 0 Å². The number of rotatable bonds is 7. The van der Waals surface area contributed by atoms with Crippen molar-refractivity contribution in [1.29, 1.82) is 0 Å². The smallest absolute Gasteiger partial charge is 0.194 e. The van der Waals surface area contributed by atoms with Crippen molar-refractivity contribution in [2.24, 2.45) is 4.99 Å². The minimum atomic E-state index is 0. The van der Waals surface area contributed by atoms with Gasteiger partial charge in [-0.15, -0.1) is 34.2 Å². The van der Waals surface area contributed by atoms with Crippen LogP contribution in [0, 0.1) is 0 Å². The van der Waals surface area contributed by atoms with E-state index in [0.717, 1.165) is 48.4 Å². The van der Waals surface area contributed by atoms with Gasteiger partial charge in [0.05, 0.1) is 6.54 Å². The number of aromatic nitrogens is 3. The largest absolute Gasteiger partial charge is 0.357 e. The molecule has 0 radical (unpaired) electrons. The van der Waals surface area contributed by atoms with E-state index < -0.39 is 0 Å². The Kier molecular flexibility index (Phi) is 9.81. The number of hydrogen-bond donors (Lipinski definition) is 1. The Morgan fingerprint density at radius 3 is 2.84 bits per heavy atom. The first kappa shape index (κ1) is 21.7. The van der Waals surface area contributed by atoms with Crippen LogP contribution in [0.4, 0.5) is 0 Å². The van der Waals surface area contributed by atoms with Gasteiger partial charge in [-0.3, -0.25) is 4.99 Å². The molecule has 0 amide bonds. The molecule has 0 aliphatic carbocycles. The molecule has 1 N–H and O–H groups in total. The number of halogens is 2. The zero-order chi connectivity index (χ0) is 17.4. The highest BCUT2D eigenvalue weighted by Gasteiger charge is 2.07. The van der Waals surface area contributed by atoms with E-state index in [4.69, 9.17) is 16.6 Å². The molecule has 138 valence electrons. The van der Waals surface area contributed by atoms with E-state index in [0.29, 0.717) is 6.54 Å². The molecule has 0 atom stereocenters. The summed E-state index contributed by atoms with van der Waals surface area (Å²) in [5.41, 5.74) is 1.16. The molecule has 6 nitrogen and oxygen atoms in total. The molecule has 0 aliphatic heterocycles. The van der Waals surface area contributed by atoms with Crippen molar-refractivity contribution in [2.45, 2.75) is 33.4 Å². The second kappa shape index (κ2) is 11.3. The third-order valence-electron chi connectivity index (χ3n) is 3.62. The maximum Gasteiger partial charge on any atom is 0.194 e. The Balaban J connectivity index is 0.00000312. The summed E-state index contributed by atoms with van der Waals surface area (Å²) < 4.78 is 2.05. The molecule has 0 bridgehead atoms. The SMILES string of the molecule is CCNC(=NCCn1cnnc1CC)N(C)Cc1cccc(Cl)c1.I. The summed E-state index contributed by atoms with van der Waals surface area (Å²) in [6.45, 7) is 7.17. The second-order valence-corrected chi connectivity index (χ2v) is 5.95. The fourth-order valence-electron chi connectivity index (χ4n) is 2.46. The Morgan fingerprint density at radius 2 is 2.16 bits per heavy atom. The minimum Gasteiger partial charge on any atom is -0.357 e. The van der Waals surface area contributed by atoms with Crippen molar-refractivity contribution in [3.63, 3.8) is 0 Å². The molecule has 1 aromatic heterocycles. The molecular weight excluding hydrogens is 451 g/mol. The van der Waals surface area contributed by atoms with Crippen molar-refractivity contribution in [1.82, 2.24) is 25.0 Å². The summed E-state index contributed by atoms with van der Waals surface area (Å²) in [5, 5.41) is 12.1. The van der Waals surface area contributed by atoms with Crippen molar-refractivity contribution in [2.75, 3.05) is 20.1 Å². The maximum atomic E-state index is 6.06. The van der Waals surface area contributed by atoms with Crippen LogP contribution in [-0.2, 0) is 19.5 Å². The highest BCUT2D eigenvalue weighted by molar-refractivity contribution is 14.0. The van der Waals surface area contributed by atoms with Gasteiger partial charge in [-0.1, -0.05) is 30.7 Å². The van der Waals surface area contributed by atoms with Gasteiger partial charge in [0.15, 0.2) is 5.96 Å². The minimum absolute atomic E-state index is 0. The van der Waals surface area contributed by atoms with Crippen LogP contribution < -0.4 is 5.32 Å². The topological polar surface area (TPSA) is 58.3 Å². The quantitative estimate of drug-likeness (QED) is 0.379. The number of nitrogens with one attached hydrogen (secondary N) is 1. The summed E-state index contributed by atoms with van der Waals surface area (Å²) in [6.07, 6.45) is 2.63. The standard InChI is InChI=1S/C17H25ClN6.HI/c1-4-16-22-21-13-24(16)10-9-20-17(19-5-2)23(3)12-14-7-6-8-15(18)11-14;/h6-8,11,13H,4-5,9-10,12H2,1-3H3,(H,19,20);1H. The van der Waals surface area contributed by atoms with Crippen molar-refractivity contribution in [3.8, 4) is 0 Å². The van der Waals surface area contributed by atoms with Gasteiger partial charge in [-0.2, -0.15) is 0 Å². The van der Waals surface area contributed by atoms with Crippen LogP contribution >= 0.6 is 35.6 Å². The first-order chi connectivity index (χ1) is 11.6. The van der Waals surface area contributed by atoms with E-state index in [-0.39, 0.29) is 24.0 Å². The summed E-state index contributed by atoms with van der Waals surface area (Å²) in [4.78, 5) is 6.80.